The van der Waals surface area contributed by atoms with Crippen LogP contribution in [0.4, 0.5) is 0 Å². The van der Waals surface area contributed by atoms with Crippen LogP contribution in [0.1, 0.15) is 40.1 Å². The Morgan fingerprint density at radius 1 is 1.48 bits per heavy atom. The molecule has 2 aromatic rings. The third-order valence-electron chi connectivity index (χ3n) is 3.41. The number of nitrogens with one attached hydrogen (secondary N) is 1. The summed E-state index contributed by atoms with van der Waals surface area (Å²) in [7, 11) is 1.72. The quantitative estimate of drug-likeness (QED) is 0.874. The second-order valence-corrected chi connectivity index (χ2v) is 4.77. The van der Waals surface area contributed by atoms with Crippen molar-refractivity contribution < 1.29 is 9.90 Å². The average molecular weight is 284 g/mol. The summed E-state index contributed by atoms with van der Waals surface area (Å²) in [5, 5.41) is 25.1. The van der Waals surface area contributed by atoms with Gasteiger partial charge in [-0.05, 0) is 24.6 Å². The zero-order valence-corrected chi connectivity index (χ0v) is 11.9. The second-order valence-electron chi connectivity index (χ2n) is 4.77. The van der Waals surface area contributed by atoms with Crippen LogP contribution in [0.25, 0.3) is 0 Å². The molecule has 0 fully saturated rings. The molecule has 0 aliphatic heterocycles. The van der Waals surface area contributed by atoms with Crippen LogP contribution in [0.15, 0.2) is 30.5 Å². The number of hydrogen-bond donors (Lipinski definition) is 2. The summed E-state index contributed by atoms with van der Waals surface area (Å²) in [6, 6.07) is 9.42. The summed E-state index contributed by atoms with van der Waals surface area (Å²) in [6.45, 7) is 2.39. The fourth-order valence-electron chi connectivity index (χ4n) is 2.07. The van der Waals surface area contributed by atoms with E-state index in [0.717, 1.165) is 5.56 Å². The van der Waals surface area contributed by atoms with Crippen LogP contribution in [-0.2, 0) is 13.6 Å². The summed E-state index contributed by atoms with van der Waals surface area (Å²) in [6.07, 6.45) is 1.35. The molecule has 0 aliphatic rings. The summed E-state index contributed by atoms with van der Waals surface area (Å²) >= 11 is 0. The van der Waals surface area contributed by atoms with Gasteiger partial charge < -0.3 is 10.4 Å². The van der Waals surface area contributed by atoms with Gasteiger partial charge in [-0.15, -0.1) is 0 Å². The lowest BCUT2D eigenvalue weighted by atomic mass is 10.1. The molecule has 21 heavy (non-hydrogen) atoms. The van der Waals surface area contributed by atoms with E-state index in [1.807, 2.05) is 19.1 Å². The molecule has 1 atom stereocenters. The fourth-order valence-corrected chi connectivity index (χ4v) is 2.07. The Balaban J connectivity index is 2.07. The molecule has 2 rings (SSSR count). The van der Waals surface area contributed by atoms with Crippen molar-refractivity contribution in [1.29, 1.82) is 5.26 Å². The highest BCUT2D eigenvalue weighted by Gasteiger charge is 2.15. The summed E-state index contributed by atoms with van der Waals surface area (Å²) in [5.74, 6) is -0.981. The Hall–Kier alpha value is -2.65. The lowest BCUT2D eigenvalue weighted by Crippen LogP contribution is -2.21. The molecule has 0 aliphatic carbocycles. The first-order valence-corrected chi connectivity index (χ1v) is 6.50. The summed E-state index contributed by atoms with van der Waals surface area (Å²) in [5.41, 5.74) is 2.49. The van der Waals surface area contributed by atoms with Gasteiger partial charge in [0.15, 0.2) is 0 Å². The van der Waals surface area contributed by atoms with Gasteiger partial charge in [0, 0.05) is 19.6 Å². The molecule has 1 heterocycles. The molecule has 1 aromatic heterocycles. The van der Waals surface area contributed by atoms with E-state index in [9.17, 15) is 4.79 Å². The Morgan fingerprint density at radius 3 is 2.71 bits per heavy atom. The molecule has 0 bridgehead atoms. The first-order chi connectivity index (χ1) is 10.0. The first-order valence-electron chi connectivity index (χ1n) is 6.50. The van der Waals surface area contributed by atoms with Crippen molar-refractivity contribution in [1.82, 2.24) is 15.1 Å². The highest BCUT2D eigenvalue weighted by Crippen LogP contribution is 2.15. The number of rotatable bonds is 5. The van der Waals surface area contributed by atoms with Crippen molar-refractivity contribution in [3.63, 3.8) is 0 Å². The molecule has 0 amide bonds. The molecule has 0 saturated carbocycles. The molecule has 2 N–H and O–H groups in total. The Labute approximate surface area is 122 Å². The zero-order valence-electron chi connectivity index (χ0n) is 11.9. The number of carboxylic acid groups (broad SMARTS) is 1. The maximum absolute atomic E-state index is 11.1. The van der Waals surface area contributed by atoms with Gasteiger partial charge in [0.05, 0.1) is 23.5 Å². The van der Waals surface area contributed by atoms with Crippen LogP contribution >= 0.6 is 0 Å². The van der Waals surface area contributed by atoms with Gasteiger partial charge in [-0.1, -0.05) is 12.1 Å². The predicted octanol–water partition coefficient (Wildman–Crippen LogP) is 1.84. The minimum atomic E-state index is -0.981. The van der Waals surface area contributed by atoms with Crippen molar-refractivity contribution >= 4 is 5.97 Å². The number of aromatic nitrogens is 2. The van der Waals surface area contributed by atoms with Crippen molar-refractivity contribution in [3.8, 4) is 6.07 Å². The maximum Gasteiger partial charge on any atom is 0.339 e. The molecule has 0 radical (unpaired) electrons. The Kier molecular flexibility index (Phi) is 4.36. The van der Waals surface area contributed by atoms with E-state index in [1.165, 1.54) is 6.20 Å². The van der Waals surface area contributed by atoms with Crippen molar-refractivity contribution in [3.05, 3.63) is 52.8 Å². The van der Waals surface area contributed by atoms with Crippen molar-refractivity contribution in [2.24, 2.45) is 7.05 Å². The highest BCUT2D eigenvalue weighted by molar-refractivity contribution is 5.88. The minimum absolute atomic E-state index is 0.0364. The third kappa shape index (κ3) is 3.27. The molecule has 1 aromatic carbocycles. The van der Waals surface area contributed by atoms with Crippen LogP contribution < -0.4 is 5.32 Å². The topological polar surface area (TPSA) is 90.9 Å². The van der Waals surface area contributed by atoms with Gasteiger partial charge in [0.1, 0.15) is 5.56 Å². The molecule has 6 nitrogen and oxygen atoms in total. The number of carbonyl (C=O) groups is 1. The largest absolute Gasteiger partial charge is 0.478 e. The van der Waals surface area contributed by atoms with Gasteiger partial charge in [0.25, 0.3) is 0 Å². The van der Waals surface area contributed by atoms with Crippen LogP contribution in [-0.4, -0.2) is 20.9 Å². The van der Waals surface area contributed by atoms with E-state index < -0.39 is 5.97 Å². The van der Waals surface area contributed by atoms with E-state index in [1.54, 1.807) is 23.9 Å². The molecular weight excluding hydrogens is 268 g/mol. The van der Waals surface area contributed by atoms with Crippen LogP contribution in [0.5, 0.6) is 0 Å². The monoisotopic (exact) mass is 284 g/mol. The number of aryl methyl sites for hydroxylation is 1. The predicted molar refractivity (Wildman–Crippen MR) is 76.6 cm³/mol. The smallest absolute Gasteiger partial charge is 0.339 e. The van der Waals surface area contributed by atoms with Crippen LogP contribution in [0.2, 0.25) is 0 Å². The van der Waals surface area contributed by atoms with E-state index in [-0.39, 0.29) is 11.6 Å². The highest BCUT2D eigenvalue weighted by atomic mass is 16.4. The SMILES string of the molecule is CC(NCc1c(C(=O)O)cnn1C)c1ccc(C#N)cc1. The second kappa shape index (κ2) is 6.20. The molecular formula is C15H16N4O2. The molecule has 108 valence electrons. The number of aromatic carboxylic acids is 1. The summed E-state index contributed by atoms with van der Waals surface area (Å²) in [4.78, 5) is 11.1. The number of nitriles is 1. The van der Waals surface area contributed by atoms with E-state index >= 15 is 0 Å². The van der Waals surface area contributed by atoms with Crippen LogP contribution in [0.3, 0.4) is 0 Å². The maximum atomic E-state index is 11.1. The van der Waals surface area contributed by atoms with Gasteiger partial charge in [0.2, 0.25) is 0 Å². The molecule has 0 spiro atoms. The van der Waals surface area contributed by atoms with Gasteiger partial charge >= 0.3 is 5.97 Å². The van der Waals surface area contributed by atoms with E-state index in [4.69, 9.17) is 10.4 Å². The summed E-state index contributed by atoms with van der Waals surface area (Å²) < 4.78 is 1.56. The van der Waals surface area contributed by atoms with Gasteiger partial charge in [-0.3, -0.25) is 4.68 Å². The van der Waals surface area contributed by atoms with Gasteiger partial charge in [-0.2, -0.15) is 10.4 Å². The number of benzene rings is 1. The lowest BCUT2D eigenvalue weighted by molar-refractivity contribution is 0.0695. The lowest BCUT2D eigenvalue weighted by Gasteiger charge is -2.15. The first kappa shape index (κ1) is 14.8. The molecule has 6 heteroatoms. The normalized spacial score (nSPS) is 11.9. The fraction of sp³-hybridized carbons (Fsp3) is 0.267. The van der Waals surface area contributed by atoms with Crippen molar-refractivity contribution in [2.45, 2.75) is 19.5 Å². The molecule has 0 saturated heterocycles. The Morgan fingerprint density at radius 2 is 2.14 bits per heavy atom. The van der Waals surface area contributed by atoms with Crippen molar-refractivity contribution in [2.75, 3.05) is 0 Å². The Bertz CT molecular complexity index is 683. The number of hydrogen-bond acceptors (Lipinski definition) is 4. The number of carboxylic acids is 1. The van der Waals surface area contributed by atoms with Crippen LogP contribution in [0, 0.1) is 11.3 Å². The molecule has 1 unspecified atom stereocenters. The van der Waals surface area contributed by atoms with Gasteiger partial charge in [-0.25, -0.2) is 4.79 Å². The minimum Gasteiger partial charge on any atom is -0.478 e. The zero-order chi connectivity index (χ0) is 15.4. The average Bonchev–Trinajstić information content (AvgIpc) is 2.86. The van der Waals surface area contributed by atoms with E-state index in [2.05, 4.69) is 16.5 Å². The standard InChI is InChI=1S/C15H16N4O2/c1-10(12-5-3-11(7-16)4-6-12)17-9-14-13(15(20)21)8-18-19(14)2/h3-6,8,10,17H,9H2,1-2H3,(H,20,21). The third-order valence-corrected chi connectivity index (χ3v) is 3.41. The van der Waals surface area contributed by atoms with E-state index in [0.29, 0.717) is 17.8 Å². The number of nitrogens with zero attached hydrogens (tertiary/aromatic N) is 3.